The molecule has 0 spiro atoms. The van der Waals surface area contributed by atoms with Gasteiger partial charge >= 0.3 is 220 Å². The van der Waals surface area contributed by atoms with Gasteiger partial charge in [0.25, 0.3) is 0 Å². The van der Waals surface area contributed by atoms with E-state index in [1.807, 2.05) is 48.0 Å². The molecule has 182 valence electrons. The van der Waals surface area contributed by atoms with Crippen LogP contribution in [-0.4, -0.2) is 13.3 Å². The normalized spacial score (nSPS) is 13.4. The summed E-state index contributed by atoms with van der Waals surface area (Å²) < 4.78 is 34.6. The van der Waals surface area contributed by atoms with Gasteiger partial charge in [-0.3, -0.25) is 0 Å². The van der Waals surface area contributed by atoms with Gasteiger partial charge < -0.3 is 0 Å². The second kappa shape index (κ2) is 8.77. The Hall–Kier alpha value is -3.57. The number of nitrogens with zero attached hydrogens (tertiary/aromatic N) is 1. The van der Waals surface area contributed by atoms with Crippen LogP contribution >= 0.6 is 0 Å². The quantitative estimate of drug-likeness (QED) is 0.170. The fraction of sp³-hybridized carbons (Fsp3) is 0.121. The van der Waals surface area contributed by atoms with Crippen molar-refractivity contribution in [1.82, 2.24) is 0 Å². The van der Waals surface area contributed by atoms with Gasteiger partial charge in [-0.1, -0.05) is 0 Å². The van der Waals surface area contributed by atoms with E-state index in [-0.39, 0.29) is 11.6 Å². The Kier molecular flexibility index (Phi) is 5.65. The topological polar surface area (TPSA) is 3.88 Å². The van der Waals surface area contributed by atoms with Crippen LogP contribution in [0.4, 0.5) is 8.78 Å². The summed E-state index contributed by atoms with van der Waals surface area (Å²) in [6.07, 6.45) is 1.77. The van der Waals surface area contributed by atoms with E-state index in [0.717, 1.165) is 49.0 Å². The zero-order valence-corrected chi connectivity index (χ0v) is 23.5. The van der Waals surface area contributed by atoms with Gasteiger partial charge in [-0.15, -0.1) is 0 Å². The number of halogens is 2. The summed E-state index contributed by atoms with van der Waals surface area (Å²) >= 11 is -3.06. The van der Waals surface area contributed by atoms with Crippen molar-refractivity contribution < 1.29 is 13.3 Å². The molecule has 0 bridgehead atoms. The molecule has 0 saturated carbocycles. The van der Waals surface area contributed by atoms with E-state index in [2.05, 4.69) is 54.8 Å². The molecular weight excluding hydrogens is 521 g/mol. The van der Waals surface area contributed by atoms with Gasteiger partial charge in [-0.2, -0.15) is 0 Å². The number of hydrogen-bond donors (Lipinski definition) is 0. The predicted molar refractivity (Wildman–Crippen MR) is 151 cm³/mol. The third-order valence-electron chi connectivity index (χ3n) is 7.76. The molecule has 0 atom stereocenters. The maximum absolute atomic E-state index is 15.7. The number of fused-ring (bicyclic) bond motifs is 3. The molecule has 0 N–H and O–H groups in total. The van der Waals surface area contributed by atoms with E-state index in [1.54, 1.807) is 18.3 Å². The Morgan fingerprint density at radius 3 is 1.95 bits per heavy atom. The SMILES string of the molecule is Cc1ccc2[c](c1-c1cc(F)cc[n+]1C)[Ge]([CH3])([CH3])[c]1c-2ccc(F)c1-c1ccc(-c2ccccc2)cc1. The molecule has 1 aliphatic heterocycles. The van der Waals surface area contributed by atoms with Crippen LogP contribution in [0, 0.1) is 18.6 Å². The Morgan fingerprint density at radius 2 is 1.24 bits per heavy atom. The Labute approximate surface area is 219 Å². The van der Waals surface area contributed by atoms with E-state index in [1.165, 1.54) is 10.5 Å². The fourth-order valence-electron chi connectivity index (χ4n) is 6.02. The first-order valence-corrected chi connectivity index (χ1v) is 18.9. The van der Waals surface area contributed by atoms with Crippen molar-refractivity contribution in [2.75, 3.05) is 0 Å². The molecule has 1 aromatic heterocycles. The molecule has 0 saturated heterocycles. The van der Waals surface area contributed by atoms with Crippen LogP contribution < -0.4 is 13.4 Å². The first-order valence-electron chi connectivity index (χ1n) is 12.6. The molecule has 37 heavy (non-hydrogen) atoms. The average molecular weight is 549 g/mol. The van der Waals surface area contributed by atoms with E-state index in [9.17, 15) is 4.39 Å². The van der Waals surface area contributed by atoms with Crippen molar-refractivity contribution in [2.45, 2.75) is 18.4 Å². The molecular formula is C33H28F2GeN+. The Balaban J connectivity index is 1.57. The summed E-state index contributed by atoms with van der Waals surface area (Å²) in [6, 6.07) is 29.4. The van der Waals surface area contributed by atoms with E-state index < -0.39 is 13.3 Å². The van der Waals surface area contributed by atoms with E-state index in [4.69, 9.17) is 0 Å². The minimum atomic E-state index is -3.06. The Bertz CT molecular complexity index is 1670. The molecule has 0 fully saturated rings. The molecule has 0 unspecified atom stereocenters. The summed E-state index contributed by atoms with van der Waals surface area (Å²) in [5.41, 5.74) is 9.19. The summed E-state index contributed by atoms with van der Waals surface area (Å²) in [4.78, 5) is 0. The molecule has 6 rings (SSSR count). The molecule has 5 aromatic rings. The molecule has 0 amide bonds. The standard InChI is InChI=1S/C33H28F2GeN/c1-21-10-15-26-27-16-17-28(35)31(24-13-11-23(12-14-24)22-8-6-5-7-9-22)33(27)36(2,3)32(26)30(21)29-20-25(34)18-19-37(29)4/h5-20H,1-4H3/q+1. The van der Waals surface area contributed by atoms with Gasteiger partial charge in [-0.25, -0.2) is 0 Å². The van der Waals surface area contributed by atoms with Crippen molar-refractivity contribution in [3.05, 3.63) is 114 Å². The monoisotopic (exact) mass is 550 g/mol. The first-order chi connectivity index (χ1) is 17.8. The number of pyridine rings is 1. The number of rotatable bonds is 3. The third-order valence-corrected chi connectivity index (χ3v) is 15.2. The van der Waals surface area contributed by atoms with Crippen molar-refractivity contribution in [3.8, 4) is 44.6 Å². The summed E-state index contributed by atoms with van der Waals surface area (Å²) in [7, 11) is 1.95. The van der Waals surface area contributed by atoms with Crippen LogP contribution in [0.25, 0.3) is 44.6 Å². The van der Waals surface area contributed by atoms with Crippen molar-refractivity contribution in [3.63, 3.8) is 0 Å². The first kappa shape index (κ1) is 23.8. The summed E-state index contributed by atoms with van der Waals surface area (Å²) in [6.45, 7) is 2.09. The zero-order valence-electron chi connectivity index (χ0n) is 21.4. The van der Waals surface area contributed by atoms with Crippen LogP contribution in [0.3, 0.4) is 0 Å². The van der Waals surface area contributed by atoms with Gasteiger partial charge in [0.1, 0.15) is 0 Å². The summed E-state index contributed by atoms with van der Waals surface area (Å²) in [5.74, 6) is 4.24. The second-order valence-corrected chi connectivity index (χ2v) is 19.4. The van der Waals surface area contributed by atoms with Crippen LogP contribution in [0.2, 0.25) is 11.5 Å². The molecule has 1 nitrogen and oxygen atoms in total. The zero-order chi connectivity index (χ0) is 25.9. The van der Waals surface area contributed by atoms with Crippen LogP contribution in [0.1, 0.15) is 5.56 Å². The van der Waals surface area contributed by atoms with E-state index in [0.29, 0.717) is 5.56 Å². The third kappa shape index (κ3) is 3.76. The number of hydrogen-bond acceptors (Lipinski definition) is 0. The Morgan fingerprint density at radius 1 is 0.649 bits per heavy atom. The molecule has 0 radical (unpaired) electrons. The van der Waals surface area contributed by atoms with Gasteiger partial charge in [0.2, 0.25) is 0 Å². The number of benzene rings is 4. The molecule has 4 heteroatoms. The van der Waals surface area contributed by atoms with Gasteiger partial charge in [-0.05, 0) is 0 Å². The van der Waals surface area contributed by atoms with Crippen LogP contribution in [-0.2, 0) is 7.05 Å². The van der Waals surface area contributed by atoms with Gasteiger partial charge in [0, 0.05) is 0 Å². The fourth-order valence-corrected chi connectivity index (χ4v) is 14.1. The molecule has 2 heterocycles. The molecule has 0 aliphatic carbocycles. The van der Waals surface area contributed by atoms with Crippen molar-refractivity contribution in [1.29, 1.82) is 0 Å². The molecule has 4 aromatic carbocycles. The predicted octanol–water partition coefficient (Wildman–Crippen LogP) is 6.90. The number of aromatic nitrogens is 1. The number of aryl methyl sites for hydroxylation is 2. The molecule has 1 aliphatic rings. The second-order valence-electron chi connectivity index (χ2n) is 10.4. The minimum absolute atomic E-state index is 0.188. The van der Waals surface area contributed by atoms with Gasteiger partial charge in [0.15, 0.2) is 0 Å². The van der Waals surface area contributed by atoms with Crippen LogP contribution in [0.15, 0.2) is 97.2 Å². The average Bonchev–Trinajstić information content (AvgIpc) is 3.13. The summed E-state index contributed by atoms with van der Waals surface area (Å²) in [5, 5.41) is 0. The maximum atomic E-state index is 15.7. The van der Waals surface area contributed by atoms with E-state index >= 15 is 4.39 Å². The van der Waals surface area contributed by atoms with Gasteiger partial charge in [0.05, 0.1) is 0 Å². The van der Waals surface area contributed by atoms with Crippen molar-refractivity contribution >= 4 is 22.1 Å². The van der Waals surface area contributed by atoms with Crippen LogP contribution in [0.5, 0.6) is 0 Å². The van der Waals surface area contributed by atoms with Crippen molar-refractivity contribution in [2.24, 2.45) is 7.05 Å².